The number of nitrogens with two attached hydrogens (primary N) is 2. The highest BCUT2D eigenvalue weighted by Crippen LogP contribution is 2.03. The highest BCUT2D eigenvalue weighted by atomic mass is 16.2. The maximum Gasteiger partial charge on any atom is 0.321 e. The number of carbonyl (C=O) groups is 1. The van der Waals surface area contributed by atoms with Gasteiger partial charge in [-0.3, -0.25) is 5.32 Å². The highest BCUT2D eigenvalue weighted by molar-refractivity contribution is 5.87. The molecule has 1 aromatic rings. The SMILES string of the molecule is Nc1nc(N)nc(NC(=O)NCCCCCCN=C=O)n1. The molecule has 0 aliphatic rings. The second kappa shape index (κ2) is 9.21. The van der Waals surface area contributed by atoms with E-state index in [9.17, 15) is 9.59 Å². The summed E-state index contributed by atoms with van der Waals surface area (Å²) in [6.45, 7) is 1.01. The number of aliphatic imine (C=N–C) groups is 1. The predicted octanol–water partition coefficient (Wildman–Crippen LogP) is 0.0537. The molecule has 10 heteroatoms. The number of rotatable bonds is 8. The van der Waals surface area contributed by atoms with Crippen molar-refractivity contribution < 1.29 is 9.59 Å². The molecule has 0 bridgehead atoms. The summed E-state index contributed by atoms with van der Waals surface area (Å²) in [5.74, 6) is -0.115. The number of isocyanates is 1. The molecule has 0 atom stereocenters. The van der Waals surface area contributed by atoms with Crippen molar-refractivity contribution in [3.8, 4) is 0 Å². The van der Waals surface area contributed by atoms with Crippen molar-refractivity contribution in [3.63, 3.8) is 0 Å². The van der Waals surface area contributed by atoms with E-state index in [-0.39, 0.29) is 17.8 Å². The Morgan fingerprint density at radius 1 is 1.10 bits per heavy atom. The maximum absolute atomic E-state index is 11.5. The molecule has 0 aromatic carbocycles. The Balaban J connectivity index is 2.15. The van der Waals surface area contributed by atoms with Gasteiger partial charge in [0.2, 0.25) is 23.9 Å². The quantitative estimate of drug-likeness (QED) is 0.299. The van der Waals surface area contributed by atoms with Gasteiger partial charge in [-0.1, -0.05) is 12.8 Å². The zero-order valence-corrected chi connectivity index (χ0v) is 11.5. The molecular formula is C11H18N8O2. The van der Waals surface area contributed by atoms with Gasteiger partial charge in [-0.2, -0.15) is 15.0 Å². The minimum absolute atomic E-state index is 0.00391. The van der Waals surface area contributed by atoms with E-state index in [0.29, 0.717) is 13.1 Å². The molecule has 6 N–H and O–H groups in total. The number of anilines is 3. The number of hydrogen-bond donors (Lipinski definition) is 4. The number of nitrogens with zero attached hydrogens (tertiary/aromatic N) is 4. The van der Waals surface area contributed by atoms with E-state index >= 15 is 0 Å². The van der Waals surface area contributed by atoms with Gasteiger partial charge in [-0.05, 0) is 12.8 Å². The van der Waals surface area contributed by atoms with Gasteiger partial charge in [-0.15, -0.1) is 0 Å². The van der Waals surface area contributed by atoms with Crippen LogP contribution >= 0.6 is 0 Å². The van der Waals surface area contributed by atoms with Crippen LogP contribution in [0.15, 0.2) is 4.99 Å². The van der Waals surface area contributed by atoms with Crippen molar-refractivity contribution in [1.29, 1.82) is 0 Å². The second-order valence-corrected chi connectivity index (χ2v) is 4.14. The Labute approximate surface area is 121 Å². The summed E-state index contributed by atoms with van der Waals surface area (Å²) in [5, 5.41) is 5.07. The van der Waals surface area contributed by atoms with Crippen LogP contribution in [0.3, 0.4) is 0 Å². The van der Waals surface area contributed by atoms with Crippen LogP contribution in [-0.4, -0.2) is 40.2 Å². The monoisotopic (exact) mass is 294 g/mol. The Kier molecular flexibility index (Phi) is 7.15. The number of hydrogen-bond acceptors (Lipinski definition) is 8. The number of urea groups is 1. The van der Waals surface area contributed by atoms with Crippen molar-refractivity contribution in [2.45, 2.75) is 25.7 Å². The highest BCUT2D eigenvalue weighted by Gasteiger charge is 2.05. The van der Waals surface area contributed by atoms with E-state index in [0.717, 1.165) is 25.7 Å². The van der Waals surface area contributed by atoms with Crippen LogP contribution in [0, 0.1) is 0 Å². The first kappa shape index (κ1) is 16.3. The van der Waals surface area contributed by atoms with E-state index in [1.54, 1.807) is 0 Å². The van der Waals surface area contributed by atoms with Crippen molar-refractivity contribution in [3.05, 3.63) is 0 Å². The first-order valence-corrected chi connectivity index (χ1v) is 6.47. The average molecular weight is 294 g/mol. The summed E-state index contributed by atoms with van der Waals surface area (Å²) >= 11 is 0. The molecule has 1 heterocycles. The van der Waals surface area contributed by atoms with E-state index in [1.807, 2.05) is 0 Å². The van der Waals surface area contributed by atoms with E-state index < -0.39 is 6.03 Å². The molecule has 0 aliphatic carbocycles. The topological polar surface area (TPSA) is 161 Å². The van der Waals surface area contributed by atoms with Crippen molar-refractivity contribution in [2.75, 3.05) is 29.9 Å². The Morgan fingerprint density at radius 3 is 2.43 bits per heavy atom. The van der Waals surface area contributed by atoms with Crippen LogP contribution < -0.4 is 22.1 Å². The lowest BCUT2D eigenvalue weighted by Crippen LogP contribution is -2.30. The summed E-state index contributed by atoms with van der Waals surface area (Å²) in [6, 6.07) is -0.439. The third-order valence-electron chi connectivity index (χ3n) is 2.44. The van der Waals surface area contributed by atoms with Crippen LogP contribution in [-0.2, 0) is 4.79 Å². The summed E-state index contributed by atoms with van der Waals surface area (Å²) in [4.78, 5) is 35.9. The van der Waals surface area contributed by atoms with Crippen molar-refractivity contribution >= 4 is 30.0 Å². The normalized spacial score (nSPS) is 9.71. The molecule has 21 heavy (non-hydrogen) atoms. The van der Waals surface area contributed by atoms with Crippen molar-refractivity contribution in [1.82, 2.24) is 20.3 Å². The molecule has 0 fully saturated rings. The standard InChI is InChI=1S/C11H18N8O2/c12-8-16-9(13)18-10(17-8)19-11(21)15-6-4-2-1-3-5-14-7-20/h1-6H2,(H6,12,13,15,16,17,18,19,21). The average Bonchev–Trinajstić information content (AvgIpc) is 2.40. The predicted molar refractivity (Wildman–Crippen MR) is 77.1 cm³/mol. The maximum atomic E-state index is 11.5. The molecule has 0 unspecified atom stereocenters. The fourth-order valence-electron chi connectivity index (χ4n) is 1.53. The molecule has 10 nitrogen and oxygen atoms in total. The van der Waals surface area contributed by atoms with Crippen LogP contribution in [0.1, 0.15) is 25.7 Å². The number of nitrogen functional groups attached to an aromatic ring is 2. The fraction of sp³-hybridized carbons (Fsp3) is 0.545. The van der Waals surface area contributed by atoms with Gasteiger partial charge in [0.25, 0.3) is 0 Å². The van der Waals surface area contributed by atoms with Gasteiger partial charge in [0, 0.05) is 6.54 Å². The van der Waals surface area contributed by atoms with Crippen LogP contribution in [0.25, 0.3) is 0 Å². The molecule has 1 rings (SSSR count). The largest absolute Gasteiger partial charge is 0.368 e. The smallest absolute Gasteiger partial charge is 0.321 e. The summed E-state index contributed by atoms with van der Waals surface area (Å²) in [7, 11) is 0. The third-order valence-corrected chi connectivity index (χ3v) is 2.44. The zero-order valence-electron chi connectivity index (χ0n) is 11.5. The van der Waals surface area contributed by atoms with E-state index in [4.69, 9.17) is 11.5 Å². The molecule has 0 radical (unpaired) electrons. The minimum atomic E-state index is -0.439. The number of amides is 2. The number of aromatic nitrogens is 3. The summed E-state index contributed by atoms with van der Waals surface area (Å²) < 4.78 is 0. The molecule has 2 amide bonds. The molecule has 0 saturated carbocycles. The van der Waals surface area contributed by atoms with Crippen molar-refractivity contribution in [2.24, 2.45) is 4.99 Å². The van der Waals surface area contributed by atoms with Crippen LogP contribution in [0.4, 0.5) is 22.6 Å². The van der Waals surface area contributed by atoms with Gasteiger partial charge in [0.15, 0.2) is 0 Å². The molecule has 1 aromatic heterocycles. The summed E-state index contributed by atoms with van der Waals surface area (Å²) in [5.41, 5.74) is 10.8. The molecular weight excluding hydrogens is 276 g/mol. The van der Waals surface area contributed by atoms with Gasteiger partial charge >= 0.3 is 6.03 Å². The third kappa shape index (κ3) is 7.43. The summed E-state index contributed by atoms with van der Waals surface area (Å²) in [6.07, 6.45) is 5.02. The Bertz CT molecular complexity index is 495. The second-order valence-electron chi connectivity index (χ2n) is 4.14. The van der Waals surface area contributed by atoms with Gasteiger partial charge in [0.1, 0.15) is 0 Å². The number of unbranched alkanes of at least 4 members (excludes halogenated alkanes) is 3. The van der Waals surface area contributed by atoms with Crippen LogP contribution in [0.2, 0.25) is 0 Å². The van der Waals surface area contributed by atoms with Gasteiger partial charge < -0.3 is 16.8 Å². The molecule has 114 valence electrons. The molecule has 0 aliphatic heterocycles. The van der Waals surface area contributed by atoms with Crippen LogP contribution in [0.5, 0.6) is 0 Å². The van der Waals surface area contributed by atoms with Gasteiger partial charge in [0.05, 0.1) is 6.54 Å². The zero-order chi connectivity index (χ0) is 15.5. The van der Waals surface area contributed by atoms with E-state index in [2.05, 4.69) is 30.6 Å². The Hall–Kier alpha value is -2.74. The Morgan fingerprint density at radius 2 is 1.76 bits per heavy atom. The van der Waals surface area contributed by atoms with E-state index in [1.165, 1.54) is 6.08 Å². The lowest BCUT2D eigenvalue weighted by molar-refractivity contribution is 0.251. The first-order chi connectivity index (χ1) is 10.1. The molecule has 0 spiro atoms. The fourth-order valence-corrected chi connectivity index (χ4v) is 1.53. The first-order valence-electron chi connectivity index (χ1n) is 6.47. The molecule has 0 saturated heterocycles. The number of nitrogens with one attached hydrogen (secondary N) is 2. The number of carbonyl (C=O) groups excluding carboxylic acids is 2. The lowest BCUT2D eigenvalue weighted by Gasteiger charge is -2.06. The minimum Gasteiger partial charge on any atom is -0.368 e. The van der Waals surface area contributed by atoms with Gasteiger partial charge in [-0.25, -0.2) is 14.6 Å². The lowest BCUT2D eigenvalue weighted by atomic mass is 10.2.